The summed E-state index contributed by atoms with van der Waals surface area (Å²) in [5.41, 5.74) is 6.85. The molecular formula is C16H24N2O2. The van der Waals surface area contributed by atoms with Crippen molar-refractivity contribution >= 4 is 5.91 Å². The molecule has 1 aliphatic carbocycles. The third-order valence-electron chi connectivity index (χ3n) is 3.91. The van der Waals surface area contributed by atoms with Crippen LogP contribution in [0.25, 0.3) is 0 Å². The zero-order chi connectivity index (χ0) is 14.5. The molecule has 0 heterocycles. The summed E-state index contributed by atoms with van der Waals surface area (Å²) >= 11 is 0. The van der Waals surface area contributed by atoms with E-state index in [0.29, 0.717) is 19.1 Å². The van der Waals surface area contributed by atoms with Gasteiger partial charge < -0.3 is 15.4 Å². The second-order valence-corrected chi connectivity index (χ2v) is 5.39. The van der Waals surface area contributed by atoms with Crippen LogP contribution in [0.5, 0.6) is 5.75 Å². The highest BCUT2D eigenvalue weighted by Gasteiger charge is 2.34. The molecule has 1 aromatic carbocycles. The van der Waals surface area contributed by atoms with Gasteiger partial charge in [0, 0.05) is 19.1 Å². The van der Waals surface area contributed by atoms with Crippen LogP contribution in [-0.4, -0.2) is 30.5 Å². The average Bonchev–Trinajstić information content (AvgIpc) is 3.31. The normalized spacial score (nSPS) is 15.8. The third kappa shape index (κ3) is 3.51. The highest BCUT2D eigenvalue weighted by atomic mass is 16.5. The maximum Gasteiger partial charge on any atom is 0.227 e. The van der Waals surface area contributed by atoms with Crippen LogP contribution in [0.2, 0.25) is 0 Å². The Kier molecular flexibility index (Phi) is 5.01. The topological polar surface area (TPSA) is 55.6 Å². The zero-order valence-electron chi connectivity index (χ0n) is 12.3. The lowest BCUT2D eigenvalue weighted by Gasteiger charge is -2.26. The van der Waals surface area contributed by atoms with Crippen molar-refractivity contribution in [3.05, 3.63) is 29.8 Å². The van der Waals surface area contributed by atoms with Gasteiger partial charge in [0.25, 0.3) is 0 Å². The molecule has 1 atom stereocenters. The predicted molar refractivity (Wildman–Crippen MR) is 79.4 cm³/mol. The Bertz CT molecular complexity index is 436. The van der Waals surface area contributed by atoms with E-state index in [-0.39, 0.29) is 11.8 Å². The summed E-state index contributed by atoms with van der Waals surface area (Å²) in [6.45, 7) is 3.12. The van der Waals surface area contributed by atoms with Crippen LogP contribution in [-0.2, 0) is 11.3 Å². The van der Waals surface area contributed by atoms with E-state index in [9.17, 15) is 4.79 Å². The molecule has 1 unspecified atom stereocenters. The Balaban J connectivity index is 2.06. The number of methoxy groups -OCH3 is 1. The van der Waals surface area contributed by atoms with Gasteiger partial charge >= 0.3 is 0 Å². The van der Waals surface area contributed by atoms with Crippen LogP contribution in [0.4, 0.5) is 0 Å². The molecule has 0 aromatic heterocycles. The van der Waals surface area contributed by atoms with Gasteiger partial charge in [-0.1, -0.05) is 19.1 Å². The second-order valence-electron chi connectivity index (χ2n) is 5.39. The van der Waals surface area contributed by atoms with Crippen LogP contribution in [0.3, 0.4) is 0 Å². The number of carbonyl (C=O) groups excluding carboxylic acids is 1. The van der Waals surface area contributed by atoms with E-state index in [1.54, 1.807) is 7.11 Å². The van der Waals surface area contributed by atoms with Crippen molar-refractivity contribution in [3.63, 3.8) is 0 Å². The first kappa shape index (κ1) is 14.9. The van der Waals surface area contributed by atoms with Crippen molar-refractivity contribution in [2.45, 2.75) is 38.8 Å². The molecule has 110 valence electrons. The van der Waals surface area contributed by atoms with Gasteiger partial charge in [-0.15, -0.1) is 0 Å². The summed E-state index contributed by atoms with van der Waals surface area (Å²) in [5, 5.41) is 0. The summed E-state index contributed by atoms with van der Waals surface area (Å²) in [4.78, 5) is 14.5. The highest BCUT2D eigenvalue weighted by Crippen LogP contribution is 2.30. The number of hydrogen-bond donors (Lipinski definition) is 1. The van der Waals surface area contributed by atoms with E-state index in [1.807, 2.05) is 36.1 Å². The first-order valence-electron chi connectivity index (χ1n) is 7.33. The van der Waals surface area contributed by atoms with Crippen molar-refractivity contribution in [1.82, 2.24) is 4.90 Å². The largest absolute Gasteiger partial charge is 0.497 e. The molecule has 1 fully saturated rings. The number of ether oxygens (including phenoxy) is 1. The third-order valence-corrected chi connectivity index (χ3v) is 3.91. The molecule has 0 spiro atoms. The Morgan fingerprint density at radius 2 is 2.05 bits per heavy atom. The van der Waals surface area contributed by atoms with E-state index >= 15 is 0 Å². The average molecular weight is 276 g/mol. The van der Waals surface area contributed by atoms with Crippen molar-refractivity contribution in [3.8, 4) is 5.75 Å². The van der Waals surface area contributed by atoms with Gasteiger partial charge in [-0.3, -0.25) is 4.79 Å². The highest BCUT2D eigenvalue weighted by molar-refractivity contribution is 5.79. The minimum atomic E-state index is -0.0474. The minimum absolute atomic E-state index is 0.0474. The molecular weight excluding hydrogens is 252 g/mol. The van der Waals surface area contributed by atoms with E-state index in [4.69, 9.17) is 10.5 Å². The van der Waals surface area contributed by atoms with Gasteiger partial charge in [0.05, 0.1) is 13.0 Å². The summed E-state index contributed by atoms with van der Waals surface area (Å²) in [7, 11) is 1.65. The molecule has 20 heavy (non-hydrogen) atoms. The maximum atomic E-state index is 12.5. The molecule has 2 rings (SSSR count). The van der Waals surface area contributed by atoms with Gasteiger partial charge in [0.15, 0.2) is 0 Å². The van der Waals surface area contributed by atoms with Crippen LogP contribution in [0.1, 0.15) is 31.7 Å². The molecule has 4 heteroatoms. The fraction of sp³-hybridized carbons (Fsp3) is 0.562. The summed E-state index contributed by atoms with van der Waals surface area (Å²) in [6, 6.07) is 8.32. The molecule has 0 saturated heterocycles. The number of amides is 1. The second kappa shape index (κ2) is 6.75. The lowest BCUT2D eigenvalue weighted by molar-refractivity contribution is -0.136. The fourth-order valence-electron chi connectivity index (χ4n) is 2.38. The smallest absolute Gasteiger partial charge is 0.227 e. The number of nitrogens with zero attached hydrogens (tertiary/aromatic N) is 1. The fourth-order valence-corrected chi connectivity index (χ4v) is 2.38. The van der Waals surface area contributed by atoms with Crippen molar-refractivity contribution in [2.24, 2.45) is 11.7 Å². The SMILES string of the molecule is CCC(CN)C(=O)N(Cc1ccc(OC)cc1)C1CC1. The number of carbonyl (C=O) groups is 1. The predicted octanol–water partition coefficient (Wildman–Crippen LogP) is 2.17. The summed E-state index contributed by atoms with van der Waals surface area (Å²) in [5.74, 6) is 0.994. The monoisotopic (exact) mass is 276 g/mol. The molecule has 0 aliphatic heterocycles. The lowest BCUT2D eigenvalue weighted by Crippen LogP contribution is -2.39. The Labute approximate surface area is 120 Å². The van der Waals surface area contributed by atoms with Gasteiger partial charge in [-0.05, 0) is 37.0 Å². The van der Waals surface area contributed by atoms with E-state index < -0.39 is 0 Å². The van der Waals surface area contributed by atoms with E-state index in [0.717, 1.165) is 30.6 Å². The first-order chi connectivity index (χ1) is 9.69. The Hall–Kier alpha value is -1.55. The van der Waals surface area contributed by atoms with E-state index in [1.165, 1.54) is 0 Å². The first-order valence-corrected chi connectivity index (χ1v) is 7.33. The van der Waals surface area contributed by atoms with Crippen LogP contribution in [0, 0.1) is 5.92 Å². The van der Waals surface area contributed by atoms with Crippen molar-refractivity contribution in [1.29, 1.82) is 0 Å². The summed E-state index contributed by atoms with van der Waals surface area (Å²) in [6.07, 6.45) is 3.03. The molecule has 1 aliphatic rings. The van der Waals surface area contributed by atoms with Crippen molar-refractivity contribution < 1.29 is 9.53 Å². The molecule has 0 radical (unpaired) electrons. The standard InChI is InChI=1S/C16H24N2O2/c1-3-13(10-17)16(19)18(14-6-7-14)11-12-4-8-15(20-2)9-5-12/h4-5,8-9,13-14H,3,6-7,10-11,17H2,1-2H3. The number of rotatable bonds is 7. The van der Waals surface area contributed by atoms with Gasteiger partial charge in [-0.2, -0.15) is 0 Å². The Morgan fingerprint density at radius 1 is 1.40 bits per heavy atom. The Morgan fingerprint density at radius 3 is 2.50 bits per heavy atom. The minimum Gasteiger partial charge on any atom is -0.497 e. The van der Waals surface area contributed by atoms with Crippen LogP contribution in [0.15, 0.2) is 24.3 Å². The van der Waals surface area contributed by atoms with Gasteiger partial charge in [0.2, 0.25) is 5.91 Å². The molecule has 4 nitrogen and oxygen atoms in total. The number of benzene rings is 1. The van der Waals surface area contributed by atoms with Crippen LogP contribution < -0.4 is 10.5 Å². The van der Waals surface area contributed by atoms with Gasteiger partial charge in [0.1, 0.15) is 5.75 Å². The zero-order valence-corrected chi connectivity index (χ0v) is 12.3. The summed E-state index contributed by atoms with van der Waals surface area (Å²) < 4.78 is 5.16. The quantitative estimate of drug-likeness (QED) is 0.830. The van der Waals surface area contributed by atoms with Crippen molar-refractivity contribution in [2.75, 3.05) is 13.7 Å². The molecule has 0 bridgehead atoms. The van der Waals surface area contributed by atoms with Crippen LogP contribution >= 0.6 is 0 Å². The number of nitrogens with two attached hydrogens (primary N) is 1. The molecule has 1 saturated carbocycles. The van der Waals surface area contributed by atoms with E-state index in [2.05, 4.69) is 0 Å². The molecule has 1 amide bonds. The van der Waals surface area contributed by atoms with Gasteiger partial charge in [-0.25, -0.2) is 0 Å². The number of hydrogen-bond acceptors (Lipinski definition) is 3. The maximum absolute atomic E-state index is 12.5. The molecule has 2 N–H and O–H groups in total. The lowest BCUT2D eigenvalue weighted by atomic mass is 10.0. The molecule has 1 aromatic rings.